The van der Waals surface area contributed by atoms with Crippen molar-refractivity contribution in [1.29, 1.82) is 0 Å². The van der Waals surface area contributed by atoms with Gasteiger partial charge in [0.2, 0.25) is 0 Å². The molecule has 0 spiro atoms. The molecule has 1 aliphatic heterocycles. The average Bonchev–Trinajstić information content (AvgIpc) is 2.86. The molecule has 1 aliphatic rings. The molecule has 3 amide bonds. The van der Waals surface area contributed by atoms with Gasteiger partial charge >= 0.3 is 6.03 Å². The van der Waals surface area contributed by atoms with Crippen LogP contribution in [-0.2, 0) is 10.3 Å². The smallest absolute Gasteiger partial charge is 0.325 e. The number of urea groups is 1. The molecule has 0 radical (unpaired) electrons. The van der Waals surface area contributed by atoms with Crippen molar-refractivity contribution in [1.82, 2.24) is 10.2 Å². The highest BCUT2D eigenvalue weighted by atomic mass is 16.5. The Kier molecular flexibility index (Phi) is 4.27. The fourth-order valence-electron chi connectivity index (χ4n) is 2.82. The van der Waals surface area contributed by atoms with Crippen molar-refractivity contribution in [3.63, 3.8) is 0 Å². The van der Waals surface area contributed by atoms with E-state index in [1.54, 1.807) is 68.6 Å². The molecule has 128 valence electrons. The van der Waals surface area contributed by atoms with E-state index in [9.17, 15) is 14.4 Å². The number of nitrogens with one attached hydrogen (secondary N) is 1. The van der Waals surface area contributed by atoms with E-state index < -0.39 is 17.5 Å². The summed E-state index contributed by atoms with van der Waals surface area (Å²) in [7, 11) is 1.55. The first-order chi connectivity index (χ1) is 12.0. The Labute approximate surface area is 145 Å². The van der Waals surface area contributed by atoms with Crippen LogP contribution in [-0.4, -0.2) is 36.3 Å². The quantitative estimate of drug-likeness (QED) is 0.671. The van der Waals surface area contributed by atoms with Crippen molar-refractivity contribution >= 4 is 17.7 Å². The second kappa shape index (κ2) is 6.39. The molecule has 1 fully saturated rings. The van der Waals surface area contributed by atoms with E-state index in [4.69, 9.17) is 4.74 Å². The molecule has 1 atom stereocenters. The standard InChI is InChI=1S/C19H18N2O4/c1-19(14-8-10-15(25-2)11-9-14)17(23)21(18(24)20-19)12-16(22)13-6-4-3-5-7-13/h3-11H,12H2,1-2H3,(H,20,24). The predicted molar refractivity (Wildman–Crippen MR) is 91.4 cm³/mol. The van der Waals surface area contributed by atoms with Crippen molar-refractivity contribution in [2.45, 2.75) is 12.5 Å². The molecule has 0 aromatic heterocycles. The Balaban J connectivity index is 1.82. The Bertz CT molecular complexity index is 817. The highest BCUT2D eigenvalue weighted by Gasteiger charge is 2.49. The summed E-state index contributed by atoms with van der Waals surface area (Å²) in [4.78, 5) is 38.4. The molecule has 1 saturated heterocycles. The lowest BCUT2D eigenvalue weighted by Gasteiger charge is -2.22. The molecule has 0 aliphatic carbocycles. The minimum atomic E-state index is -1.21. The van der Waals surface area contributed by atoms with Gasteiger partial charge in [0.15, 0.2) is 5.78 Å². The molecular formula is C19H18N2O4. The maximum Gasteiger partial charge on any atom is 0.325 e. The average molecular weight is 338 g/mol. The molecule has 6 nitrogen and oxygen atoms in total. The zero-order valence-electron chi connectivity index (χ0n) is 14.0. The highest BCUT2D eigenvalue weighted by Crippen LogP contribution is 2.30. The van der Waals surface area contributed by atoms with E-state index >= 15 is 0 Å². The van der Waals surface area contributed by atoms with E-state index in [-0.39, 0.29) is 12.3 Å². The van der Waals surface area contributed by atoms with Crippen LogP contribution in [0.5, 0.6) is 5.75 Å². The largest absolute Gasteiger partial charge is 0.497 e. The Morgan fingerprint density at radius 3 is 2.32 bits per heavy atom. The van der Waals surface area contributed by atoms with Crippen LogP contribution in [0.25, 0.3) is 0 Å². The number of Topliss-reactive ketones (excluding diaryl/α,β-unsaturated/α-hetero) is 1. The maximum absolute atomic E-state index is 12.8. The molecule has 25 heavy (non-hydrogen) atoms. The Morgan fingerprint density at radius 1 is 1.08 bits per heavy atom. The van der Waals surface area contributed by atoms with Crippen molar-refractivity contribution in [3.8, 4) is 5.75 Å². The van der Waals surface area contributed by atoms with E-state index in [1.807, 2.05) is 0 Å². The summed E-state index contributed by atoms with van der Waals surface area (Å²) in [6.45, 7) is 1.34. The fraction of sp³-hybridized carbons (Fsp3) is 0.211. The number of hydrogen-bond acceptors (Lipinski definition) is 4. The van der Waals surface area contributed by atoms with Crippen molar-refractivity contribution in [2.75, 3.05) is 13.7 Å². The van der Waals surface area contributed by atoms with Crippen LogP contribution in [0.1, 0.15) is 22.8 Å². The van der Waals surface area contributed by atoms with Gasteiger partial charge < -0.3 is 10.1 Å². The summed E-state index contributed by atoms with van der Waals surface area (Å²) in [6, 6.07) is 14.9. The number of carbonyl (C=O) groups is 3. The Hall–Kier alpha value is -3.15. The summed E-state index contributed by atoms with van der Waals surface area (Å²) in [6.07, 6.45) is 0. The number of amides is 3. The van der Waals surface area contributed by atoms with Crippen LogP contribution in [0.2, 0.25) is 0 Å². The minimum absolute atomic E-state index is 0.289. The summed E-state index contributed by atoms with van der Waals surface area (Å²) in [5, 5.41) is 2.69. The minimum Gasteiger partial charge on any atom is -0.497 e. The van der Waals surface area contributed by atoms with Gasteiger partial charge in [-0.2, -0.15) is 0 Å². The second-order valence-electron chi connectivity index (χ2n) is 5.96. The first kappa shape index (κ1) is 16.7. The van der Waals surface area contributed by atoms with Crippen molar-refractivity contribution in [2.24, 2.45) is 0 Å². The van der Waals surface area contributed by atoms with Gasteiger partial charge in [-0.25, -0.2) is 4.79 Å². The number of imide groups is 1. The number of carbonyl (C=O) groups excluding carboxylic acids is 3. The highest BCUT2D eigenvalue weighted by molar-refractivity contribution is 6.11. The third-order valence-corrected chi connectivity index (χ3v) is 4.34. The zero-order valence-corrected chi connectivity index (χ0v) is 14.0. The van der Waals surface area contributed by atoms with Crippen molar-refractivity contribution < 1.29 is 19.1 Å². The normalized spacial score (nSPS) is 19.7. The number of benzene rings is 2. The molecule has 3 rings (SSSR count). The molecule has 1 N–H and O–H groups in total. The van der Waals surface area contributed by atoms with Crippen LogP contribution in [0.4, 0.5) is 4.79 Å². The van der Waals surface area contributed by atoms with Gasteiger partial charge in [-0.3, -0.25) is 14.5 Å². The van der Waals surface area contributed by atoms with Gasteiger partial charge in [-0.15, -0.1) is 0 Å². The summed E-state index contributed by atoms with van der Waals surface area (Å²) in [5.41, 5.74) is -0.122. The van der Waals surface area contributed by atoms with Gasteiger partial charge in [0.05, 0.1) is 13.7 Å². The van der Waals surface area contributed by atoms with E-state index in [2.05, 4.69) is 5.32 Å². The molecule has 2 aromatic carbocycles. The van der Waals surface area contributed by atoms with Gasteiger partial charge in [-0.05, 0) is 24.6 Å². The number of nitrogens with zero attached hydrogens (tertiary/aromatic N) is 1. The molecule has 6 heteroatoms. The molecule has 0 saturated carbocycles. The number of methoxy groups -OCH3 is 1. The summed E-state index contributed by atoms with van der Waals surface area (Å²) in [5.74, 6) is -0.0877. The second-order valence-corrected chi connectivity index (χ2v) is 5.96. The lowest BCUT2D eigenvalue weighted by molar-refractivity contribution is -0.130. The van der Waals surface area contributed by atoms with Gasteiger partial charge in [0.1, 0.15) is 11.3 Å². The van der Waals surface area contributed by atoms with Crippen LogP contribution in [0, 0.1) is 0 Å². The number of ketones is 1. The van der Waals surface area contributed by atoms with Crippen LogP contribution >= 0.6 is 0 Å². The maximum atomic E-state index is 12.8. The van der Waals surface area contributed by atoms with E-state index in [0.29, 0.717) is 16.9 Å². The monoisotopic (exact) mass is 338 g/mol. The lowest BCUT2D eigenvalue weighted by Crippen LogP contribution is -2.41. The fourth-order valence-corrected chi connectivity index (χ4v) is 2.82. The van der Waals surface area contributed by atoms with Crippen LogP contribution in [0.3, 0.4) is 0 Å². The predicted octanol–water partition coefficient (Wildman–Crippen LogP) is 2.35. The van der Waals surface area contributed by atoms with Gasteiger partial charge in [0, 0.05) is 5.56 Å². The molecule has 0 bridgehead atoms. The molecule has 2 aromatic rings. The summed E-state index contributed by atoms with van der Waals surface area (Å²) < 4.78 is 5.11. The van der Waals surface area contributed by atoms with Crippen LogP contribution < -0.4 is 10.1 Å². The SMILES string of the molecule is COc1ccc(C2(C)NC(=O)N(CC(=O)c3ccccc3)C2=O)cc1. The first-order valence-electron chi connectivity index (χ1n) is 7.82. The molecular weight excluding hydrogens is 320 g/mol. The van der Waals surface area contributed by atoms with E-state index in [1.165, 1.54) is 0 Å². The number of rotatable bonds is 5. The third-order valence-electron chi connectivity index (χ3n) is 4.34. The molecule has 1 heterocycles. The zero-order chi connectivity index (χ0) is 18.0. The van der Waals surface area contributed by atoms with Gasteiger partial charge in [0.25, 0.3) is 5.91 Å². The number of hydrogen-bond donors (Lipinski definition) is 1. The number of ether oxygens (including phenoxy) is 1. The van der Waals surface area contributed by atoms with Crippen molar-refractivity contribution in [3.05, 3.63) is 65.7 Å². The van der Waals surface area contributed by atoms with Crippen LogP contribution in [0.15, 0.2) is 54.6 Å². The molecule has 1 unspecified atom stereocenters. The topological polar surface area (TPSA) is 75.7 Å². The summed E-state index contributed by atoms with van der Waals surface area (Å²) >= 11 is 0. The van der Waals surface area contributed by atoms with Gasteiger partial charge in [-0.1, -0.05) is 42.5 Å². The third kappa shape index (κ3) is 2.98. The van der Waals surface area contributed by atoms with E-state index in [0.717, 1.165) is 4.90 Å². The first-order valence-corrected chi connectivity index (χ1v) is 7.82. The lowest BCUT2D eigenvalue weighted by atomic mass is 9.92. The Morgan fingerprint density at radius 2 is 1.72 bits per heavy atom.